The second kappa shape index (κ2) is 7.21. The topological polar surface area (TPSA) is 61.9 Å². The molecule has 1 amide bonds. The van der Waals surface area contributed by atoms with E-state index in [1.807, 2.05) is 23.1 Å². The normalized spacial score (nSPS) is 18.7. The fourth-order valence-corrected chi connectivity index (χ4v) is 3.32. The van der Waals surface area contributed by atoms with Gasteiger partial charge < -0.3 is 15.5 Å². The Labute approximate surface area is 142 Å². The van der Waals surface area contributed by atoms with Crippen molar-refractivity contribution in [2.75, 3.05) is 37.0 Å². The molecule has 0 aliphatic carbocycles. The molecule has 5 nitrogen and oxygen atoms in total. The van der Waals surface area contributed by atoms with E-state index in [1.54, 1.807) is 0 Å². The zero-order chi connectivity index (χ0) is 16.2. The van der Waals surface area contributed by atoms with Gasteiger partial charge in [-0.2, -0.15) is 0 Å². The van der Waals surface area contributed by atoms with Crippen LogP contribution in [0.2, 0.25) is 0 Å². The fourth-order valence-electron chi connectivity index (χ4n) is 3.26. The molecular formula is C17H23ClN4O. The first-order valence-electron chi connectivity index (χ1n) is 8.26. The van der Waals surface area contributed by atoms with E-state index < -0.39 is 0 Å². The van der Waals surface area contributed by atoms with Crippen LogP contribution in [0.1, 0.15) is 36.0 Å². The van der Waals surface area contributed by atoms with Crippen LogP contribution >= 0.6 is 11.6 Å². The number of anilines is 1. The molecule has 2 saturated heterocycles. The highest BCUT2D eigenvalue weighted by molar-refractivity contribution is 6.28. The lowest BCUT2D eigenvalue weighted by molar-refractivity contribution is 0.0793. The molecule has 2 heterocycles. The molecule has 1 aromatic rings. The molecule has 0 bridgehead atoms. The summed E-state index contributed by atoms with van der Waals surface area (Å²) in [6, 6.07) is 5.76. The molecule has 2 fully saturated rings. The summed E-state index contributed by atoms with van der Waals surface area (Å²) in [5.41, 5.74) is 8.28. The molecule has 3 rings (SSSR count). The van der Waals surface area contributed by atoms with E-state index >= 15 is 0 Å². The Bertz CT molecular complexity index is 605. The number of nitrogens with two attached hydrogens (primary N) is 1. The van der Waals surface area contributed by atoms with E-state index in [2.05, 4.69) is 9.89 Å². The average molecular weight is 335 g/mol. The zero-order valence-electron chi connectivity index (χ0n) is 13.3. The summed E-state index contributed by atoms with van der Waals surface area (Å²) in [6.07, 6.45) is 4.54. The summed E-state index contributed by atoms with van der Waals surface area (Å²) < 4.78 is 0. The summed E-state index contributed by atoms with van der Waals surface area (Å²) in [7, 11) is 0. The third kappa shape index (κ3) is 3.61. The number of nitrogens with zero attached hydrogens (tertiary/aromatic N) is 3. The molecule has 0 radical (unpaired) electrons. The van der Waals surface area contributed by atoms with E-state index in [4.69, 9.17) is 17.3 Å². The minimum absolute atomic E-state index is 0.0800. The third-order valence-corrected chi connectivity index (χ3v) is 4.74. The first kappa shape index (κ1) is 16.1. The predicted molar refractivity (Wildman–Crippen MR) is 95.0 cm³/mol. The maximum Gasteiger partial charge on any atom is 0.253 e. The lowest BCUT2D eigenvalue weighted by Crippen LogP contribution is -2.27. The number of rotatable bonds is 4. The van der Waals surface area contributed by atoms with Gasteiger partial charge in [-0.05, 0) is 43.9 Å². The van der Waals surface area contributed by atoms with Gasteiger partial charge in [0.05, 0.1) is 17.3 Å². The molecule has 0 saturated carbocycles. The van der Waals surface area contributed by atoms with Gasteiger partial charge in [0.1, 0.15) is 5.84 Å². The van der Waals surface area contributed by atoms with Crippen LogP contribution < -0.4 is 10.6 Å². The highest BCUT2D eigenvalue weighted by Gasteiger charge is 2.22. The molecule has 2 aliphatic heterocycles. The number of likely N-dealkylation sites (tertiary alicyclic amines) is 1. The molecule has 124 valence electrons. The highest BCUT2D eigenvalue weighted by atomic mass is 35.5. The number of hydrogen-bond acceptors (Lipinski definition) is 3. The number of halogens is 1. The lowest BCUT2D eigenvalue weighted by Gasteiger charge is -2.21. The summed E-state index contributed by atoms with van der Waals surface area (Å²) in [5, 5.41) is 0. The van der Waals surface area contributed by atoms with Crippen molar-refractivity contribution in [2.24, 2.45) is 10.7 Å². The minimum Gasteiger partial charge on any atom is -0.386 e. The van der Waals surface area contributed by atoms with Gasteiger partial charge in [0.25, 0.3) is 5.91 Å². The molecule has 2 N–H and O–H groups in total. The van der Waals surface area contributed by atoms with Crippen LogP contribution in [0.5, 0.6) is 0 Å². The number of alkyl halides is 1. The largest absolute Gasteiger partial charge is 0.386 e. The van der Waals surface area contributed by atoms with Gasteiger partial charge in [-0.1, -0.05) is 0 Å². The Morgan fingerprint density at radius 1 is 1.13 bits per heavy atom. The summed E-state index contributed by atoms with van der Waals surface area (Å²) in [4.78, 5) is 21.2. The van der Waals surface area contributed by atoms with Crippen molar-refractivity contribution < 1.29 is 4.79 Å². The van der Waals surface area contributed by atoms with Crippen molar-refractivity contribution in [1.82, 2.24) is 4.90 Å². The summed E-state index contributed by atoms with van der Waals surface area (Å²) in [6.45, 7) is 3.72. The summed E-state index contributed by atoms with van der Waals surface area (Å²) >= 11 is 5.78. The molecule has 0 aromatic heterocycles. The van der Waals surface area contributed by atoms with Gasteiger partial charge in [0.15, 0.2) is 0 Å². The average Bonchev–Trinajstić information content (AvgIpc) is 3.27. The van der Waals surface area contributed by atoms with E-state index in [-0.39, 0.29) is 11.8 Å². The molecule has 23 heavy (non-hydrogen) atoms. The molecule has 1 aromatic carbocycles. The zero-order valence-corrected chi connectivity index (χ0v) is 14.1. The maximum atomic E-state index is 12.6. The van der Waals surface area contributed by atoms with Gasteiger partial charge in [0.2, 0.25) is 0 Å². The van der Waals surface area contributed by atoms with Crippen LogP contribution in [0.25, 0.3) is 0 Å². The van der Waals surface area contributed by atoms with E-state index in [1.165, 1.54) is 12.8 Å². The van der Waals surface area contributed by atoms with Gasteiger partial charge in [-0.15, -0.1) is 11.6 Å². The minimum atomic E-state index is 0.0800. The quantitative estimate of drug-likeness (QED) is 0.523. The molecule has 0 unspecified atom stereocenters. The van der Waals surface area contributed by atoms with Crippen LogP contribution in [-0.2, 0) is 0 Å². The second-order valence-corrected chi connectivity index (χ2v) is 6.40. The van der Waals surface area contributed by atoms with E-state index in [0.29, 0.717) is 11.4 Å². The van der Waals surface area contributed by atoms with Crippen molar-refractivity contribution in [3.8, 4) is 0 Å². The molecule has 0 spiro atoms. The fraction of sp³-hybridized carbons (Fsp3) is 0.529. The Kier molecular flexibility index (Phi) is 5.06. The lowest BCUT2D eigenvalue weighted by atomic mass is 10.1. The molecule has 2 aliphatic rings. The smallest absolute Gasteiger partial charge is 0.253 e. The van der Waals surface area contributed by atoms with Crippen LogP contribution in [-0.4, -0.2) is 48.7 Å². The maximum absolute atomic E-state index is 12.6. The van der Waals surface area contributed by atoms with E-state index in [0.717, 1.165) is 50.4 Å². The SMILES string of the molecule is NC(CCl)=Nc1cc(C(=O)N2CCCC2)ccc1N1CCCC1. The second-order valence-electron chi connectivity index (χ2n) is 6.13. The van der Waals surface area contributed by atoms with E-state index in [9.17, 15) is 4.79 Å². The predicted octanol–water partition coefficient (Wildman–Crippen LogP) is 2.75. The standard InChI is InChI=1S/C17H23ClN4O/c18-12-16(19)20-14-11-13(17(23)22-9-3-4-10-22)5-6-15(14)21-7-1-2-8-21/h5-6,11H,1-4,7-10,12H2,(H2,19,20). The van der Waals surface area contributed by atoms with Crippen LogP contribution in [0.15, 0.2) is 23.2 Å². The van der Waals surface area contributed by atoms with Gasteiger partial charge in [-0.25, -0.2) is 4.99 Å². The Morgan fingerprint density at radius 3 is 2.43 bits per heavy atom. The number of amides is 1. The first-order chi connectivity index (χ1) is 11.2. The molecule has 6 heteroatoms. The van der Waals surface area contributed by atoms with Crippen molar-refractivity contribution in [3.05, 3.63) is 23.8 Å². The Hall–Kier alpha value is -1.75. The number of amidine groups is 1. The number of carbonyl (C=O) groups is 1. The van der Waals surface area contributed by atoms with Gasteiger partial charge in [0, 0.05) is 31.7 Å². The van der Waals surface area contributed by atoms with Crippen LogP contribution in [0.4, 0.5) is 11.4 Å². The van der Waals surface area contributed by atoms with Crippen molar-refractivity contribution in [1.29, 1.82) is 0 Å². The molecular weight excluding hydrogens is 312 g/mol. The van der Waals surface area contributed by atoms with Crippen molar-refractivity contribution >= 4 is 34.7 Å². The number of carbonyl (C=O) groups excluding carboxylic acids is 1. The van der Waals surface area contributed by atoms with Crippen LogP contribution in [0, 0.1) is 0 Å². The van der Waals surface area contributed by atoms with Crippen molar-refractivity contribution in [3.63, 3.8) is 0 Å². The first-order valence-corrected chi connectivity index (χ1v) is 8.80. The molecule has 0 atom stereocenters. The monoisotopic (exact) mass is 334 g/mol. The van der Waals surface area contributed by atoms with Gasteiger partial charge in [-0.3, -0.25) is 4.79 Å². The Morgan fingerprint density at radius 2 is 1.78 bits per heavy atom. The summed E-state index contributed by atoms with van der Waals surface area (Å²) in [5.74, 6) is 0.637. The number of hydrogen-bond donors (Lipinski definition) is 1. The van der Waals surface area contributed by atoms with Crippen LogP contribution in [0.3, 0.4) is 0 Å². The van der Waals surface area contributed by atoms with Crippen molar-refractivity contribution in [2.45, 2.75) is 25.7 Å². The number of benzene rings is 1. The van der Waals surface area contributed by atoms with Gasteiger partial charge >= 0.3 is 0 Å². The Balaban J connectivity index is 1.93. The highest BCUT2D eigenvalue weighted by Crippen LogP contribution is 2.33. The number of aliphatic imine (C=N–C) groups is 1. The third-order valence-electron chi connectivity index (χ3n) is 4.46.